The molecule has 1 N–H and O–H groups in total. The summed E-state index contributed by atoms with van der Waals surface area (Å²) in [5, 5.41) is 12.1. The van der Waals surface area contributed by atoms with Crippen molar-refractivity contribution in [3.63, 3.8) is 0 Å². The number of hydrogen-bond acceptors (Lipinski definition) is 13. The number of amides is 2. The Kier molecular flexibility index (Phi) is 17.2. The van der Waals surface area contributed by atoms with Crippen molar-refractivity contribution in [1.82, 2.24) is 4.90 Å². The highest BCUT2D eigenvalue weighted by Gasteiger charge is 2.64. The fourth-order valence-electron chi connectivity index (χ4n) is 7.68. The third-order valence-electron chi connectivity index (χ3n) is 11.8. The van der Waals surface area contributed by atoms with Gasteiger partial charge in [-0.3, -0.25) is 14.4 Å². The van der Waals surface area contributed by atoms with Crippen LogP contribution in [0.25, 0.3) is 0 Å². The number of carbonyl (C=O) groups excluding carboxylic acids is 5. The fraction of sp³-hybridized carbons (Fsp3) is 0.659. The first-order valence-corrected chi connectivity index (χ1v) is 23.1. The molecule has 0 spiro atoms. The first-order valence-electron chi connectivity index (χ1n) is 20.4. The minimum atomic E-state index is -1.59. The zero-order valence-electron chi connectivity index (χ0n) is 36.8. The molecule has 1 aromatic carbocycles. The lowest BCUT2D eigenvalue weighted by atomic mass is 9.78. The van der Waals surface area contributed by atoms with Crippen molar-refractivity contribution in [2.75, 3.05) is 39.0 Å². The van der Waals surface area contributed by atoms with Crippen LogP contribution in [0.4, 0.5) is 5.69 Å². The number of aliphatic hydroxyl groups is 1. The fourth-order valence-corrected chi connectivity index (χ4v) is 10.7. The number of ether oxygens (including phenoxy) is 5. The number of methoxy groups -OCH3 is 2. The van der Waals surface area contributed by atoms with Crippen molar-refractivity contribution in [3.8, 4) is 5.75 Å². The molecular weight excluding hydrogens is 832 g/mol. The maximum Gasteiger partial charge on any atom is 0.328 e. The minimum absolute atomic E-state index is 0.0510. The van der Waals surface area contributed by atoms with Crippen LogP contribution in [0.1, 0.15) is 99.0 Å². The van der Waals surface area contributed by atoms with Crippen LogP contribution in [0.2, 0.25) is 5.02 Å². The Labute approximate surface area is 368 Å². The zero-order valence-corrected chi connectivity index (χ0v) is 39.2. The highest BCUT2D eigenvalue weighted by molar-refractivity contribution is 8.77. The van der Waals surface area contributed by atoms with Crippen LogP contribution < -0.4 is 9.64 Å². The molecule has 3 aliphatic heterocycles. The number of fused-ring (bicyclic) bond motifs is 5. The van der Waals surface area contributed by atoms with Gasteiger partial charge in [-0.05, 0) is 78.5 Å². The topological polar surface area (TPSA) is 162 Å². The number of anilines is 1. The van der Waals surface area contributed by atoms with E-state index in [0.717, 1.165) is 23.3 Å². The summed E-state index contributed by atoms with van der Waals surface area (Å²) in [6.45, 7) is 12.8. The van der Waals surface area contributed by atoms with Crippen LogP contribution in [0, 0.1) is 5.92 Å². The van der Waals surface area contributed by atoms with Crippen molar-refractivity contribution in [1.29, 1.82) is 0 Å². The van der Waals surface area contributed by atoms with E-state index < -0.39 is 65.4 Å². The first kappa shape index (κ1) is 49.6. The van der Waals surface area contributed by atoms with Gasteiger partial charge in [0.15, 0.2) is 0 Å². The van der Waals surface area contributed by atoms with Crippen LogP contribution in [-0.4, -0.2) is 120 Å². The van der Waals surface area contributed by atoms with Gasteiger partial charge in [-0.2, -0.15) is 0 Å². The summed E-state index contributed by atoms with van der Waals surface area (Å²) >= 11 is 6.80. The lowest BCUT2D eigenvalue weighted by molar-refractivity contribution is -0.187. The normalized spacial score (nSPS) is 29.3. The molecule has 334 valence electrons. The van der Waals surface area contributed by atoms with Gasteiger partial charge >= 0.3 is 11.9 Å². The first-order chi connectivity index (χ1) is 28.0. The Morgan fingerprint density at radius 1 is 1.18 bits per heavy atom. The summed E-state index contributed by atoms with van der Waals surface area (Å²) < 4.78 is 29.4. The van der Waals surface area contributed by atoms with E-state index in [1.54, 1.807) is 74.7 Å². The lowest BCUT2D eigenvalue weighted by Crippen LogP contribution is -2.53. The third-order valence-corrected chi connectivity index (χ3v) is 15.6. The molecule has 3 aliphatic rings. The number of rotatable bonds is 14. The molecule has 0 aliphatic carbocycles. The maximum absolute atomic E-state index is 14.3. The Hall–Kier alpha value is -3.08. The molecule has 2 fully saturated rings. The minimum Gasteiger partial charge on any atom is -0.495 e. The number of Topliss-reactive ketones (excluding diaryl/α,β-unsaturated/α-hetero) is 1. The van der Waals surface area contributed by atoms with Crippen molar-refractivity contribution >= 4 is 68.4 Å². The Morgan fingerprint density at radius 2 is 1.88 bits per heavy atom. The van der Waals surface area contributed by atoms with Crippen LogP contribution in [0.5, 0.6) is 5.75 Å². The number of hydrogen-bond donors (Lipinski definition) is 1. The molecule has 3 heterocycles. The summed E-state index contributed by atoms with van der Waals surface area (Å²) in [5.41, 5.74) is -0.655. The van der Waals surface area contributed by atoms with E-state index in [4.69, 9.17) is 35.3 Å². The van der Waals surface area contributed by atoms with E-state index in [-0.39, 0.29) is 47.1 Å². The number of epoxide rings is 1. The molecule has 1 aromatic rings. The second-order valence-electron chi connectivity index (χ2n) is 17.2. The van der Waals surface area contributed by atoms with Crippen molar-refractivity contribution in [2.45, 2.75) is 146 Å². The quantitative estimate of drug-likeness (QED) is 0.0875. The van der Waals surface area contributed by atoms with Gasteiger partial charge in [-0.1, -0.05) is 63.9 Å². The van der Waals surface area contributed by atoms with Gasteiger partial charge in [0.2, 0.25) is 11.8 Å². The van der Waals surface area contributed by atoms with Crippen LogP contribution >= 0.6 is 33.2 Å². The second kappa shape index (κ2) is 20.9. The average Bonchev–Trinajstić information content (AvgIpc) is 3.88. The van der Waals surface area contributed by atoms with E-state index in [0.29, 0.717) is 30.7 Å². The number of likely N-dealkylation sites (N-methyl/N-ethyl adjacent to an activating group) is 1. The predicted molar refractivity (Wildman–Crippen MR) is 235 cm³/mol. The van der Waals surface area contributed by atoms with Gasteiger partial charge in [-0.25, -0.2) is 4.79 Å². The summed E-state index contributed by atoms with van der Waals surface area (Å²) in [6.07, 6.45) is 3.99. The average molecular weight is 896 g/mol. The van der Waals surface area contributed by atoms with E-state index in [2.05, 4.69) is 13.8 Å². The van der Waals surface area contributed by atoms with Gasteiger partial charge in [0.05, 0.1) is 31.7 Å². The molecule has 2 saturated heterocycles. The molecule has 0 unspecified atom stereocenters. The monoisotopic (exact) mass is 894 g/mol. The van der Waals surface area contributed by atoms with Gasteiger partial charge in [0.25, 0.3) is 0 Å². The van der Waals surface area contributed by atoms with Crippen molar-refractivity contribution in [3.05, 3.63) is 46.5 Å². The zero-order chi connectivity index (χ0) is 44.7. The molecule has 60 heavy (non-hydrogen) atoms. The lowest BCUT2D eigenvalue weighted by Gasteiger charge is -2.41. The SMILES string of the molecule is COc1cc2cc(c1Cl)N(C)C(=O)C[C@@H](OC(=O)[C@@H](C)N(C)C(=O)CCC(C)(C)SSCCCC(C)=O)[C@@]1(C)O[C@@H]1[C@@H](C)[C@H]1C[C@](O)(CC(=O)O1)[C@@H](OC)/C=C/C=C(\C)C2. The largest absolute Gasteiger partial charge is 0.495 e. The smallest absolute Gasteiger partial charge is 0.328 e. The summed E-state index contributed by atoms with van der Waals surface area (Å²) in [4.78, 5) is 68.8. The second-order valence-corrected chi connectivity index (χ2v) is 20.7. The van der Waals surface area contributed by atoms with Gasteiger partial charge < -0.3 is 43.4 Å². The maximum atomic E-state index is 14.3. The van der Waals surface area contributed by atoms with Crippen molar-refractivity contribution in [2.24, 2.45) is 5.92 Å². The summed E-state index contributed by atoms with van der Waals surface area (Å²) in [7, 11) is 9.45. The van der Waals surface area contributed by atoms with Crippen LogP contribution in [-0.2, 0) is 49.3 Å². The molecule has 13 nitrogen and oxygen atoms in total. The molecule has 0 aromatic heterocycles. The van der Waals surface area contributed by atoms with Gasteiger partial charge in [0, 0.05) is 56.9 Å². The molecular formula is C44H63ClN2O11S2. The molecule has 0 radical (unpaired) electrons. The van der Waals surface area contributed by atoms with E-state index in [9.17, 15) is 29.1 Å². The predicted octanol–water partition coefficient (Wildman–Crippen LogP) is 7.07. The van der Waals surface area contributed by atoms with Crippen LogP contribution in [0.15, 0.2) is 35.9 Å². The number of carbonyl (C=O) groups is 5. The van der Waals surface area contributed by atoms with Gasteiger partial charge in [-0.15, -0.1) is 0 Å². The van der Waals surface area contributed by atoms with E-state index in [1.807, 2.05) is 26.0 Å². The van der Waals surface area contributed by atoms with Crippen molar-refractivity contribution < 1.29 is 52.8 Å². The highest BCUT2D eigenvalue weighted by atomic mass is 35.5. The molecule has 2 amide bonds. The van der Waals surface area contributed by atoms with Crippen LogP contribution in [0.3, 0.4) is 0 Å². The number of allylic oxidation sites excluding steroid dienone is 3. The number of nitrogens with zero attached hydrogens (tertiary/aromatic N) is 2. The van der Waals surface area contributed by atoms with Gasteiger partial charge in [0.1, 0.15) is 52.1 Å². The molecule has 0 saturated carbocycles. The molecule has 8 atom stereocenters. The number of esters is 2. The number of halogens is 1. The number of benzene rings is 1. The number of ketones is 1. The van der Waals surface area contributed by atoms with E-state index in [1.165, 1.54) is 24.0 Å². The third kappa shape index (κ3) is 12.5. The summed E-state index contributed by atoms with van der Waals surface area (Å²) in [6, 6.07) is 2.60. The Bertz CT molecular complexity index is 1820. The Balaban J connectivity index is 1.62. The molecule has 16 heteroatoms. The molecule has 4 rings (SSSR count). The van der Waals surface area contributed by atoms with E-state index >= 15 is 0 Å². The highest BCUT2D eigenvalue weighted by Crippen LogP contribution is 2.50. The standard InChI is InChI=1S/C44H63ClN2O11S2/c1-26-14-12-16-34(55-11)44(53)24-33(56-38(51)25-44)28(3)40-43(7,58-40)35(23-37(50)47(9)31-21-30(20-26)22-32(54-10)39(31)45)57-41(52)29(4)46(8)36(49)17-18-42(5,6)60-59-19-13-15-27(2)48/h12,14,16,21-22,28-29,33-35,40,53H,13,15,17-20,23-25H2,1-11H3/b16-12+,26-14+/t28-,29+,33+,34-,35+,40+,43+,44-/m0/s1. The Morgan fingerprint density at radius 3 is 2.53 bits per heavy atom. The summed E-state index contributed by atoms with van der Waals surface area (Å²) in [5.74, 6) is -1.11. The molecule has 4 bridgehead atoms.